The maximum absolute atomic E-state index is 11.8. The number of ether oxygens (including phenoxy) is 1. The third-order valence-corrected chi connectivity index (χ3v) is 4.81. The minimum atomic E-state index is -1.09. The Morgan fingerprint density at radius 2 is 1.82 bits per heavy atom. The van der Waals surface area contributed by atoms with Gasteiger partial charge < -0.3 is 15.0 Å². The monoisotopic (exact) mass is 344 g/mol. The molecule has 0 radical (unpaired) electrons. The van der Waals surface area contributed by atoms with Crippen LogP contribution in [0.1, 0.15) is 13.3 Å². The molecular weight excluding hydrogens is 327 g/mol. The zero-order chi connectivity index (χ0) is 16.5. The number of alkyl halides is 2. The van der Waals surface area contributed by atoms with Crippen LogP contribution in [0.25, 0.3) is 0 Å². The largest absolute Gasteiger partial charge is 0.455 e. The van der Waals surface area contributed by atoms with Crippen molar-refractivity contribution >= 4 is 46.5 Å². The van der Waals surface area contributed by atoms with Gasteiger partial charge in [0.05, 0.1) is 0 Å². The van der Waals surface area contributed by atoms with Gasteiger partial charge in [0.1, 0.15) is 9.75 Å². The second kappa shape index (κ2) is 5.97. The number of halogens is 2. The minimum Gasteiger partial charge on any atom is -0.455 e. The van der Waals surface area contributed by atoms with Crippen LogP contribution in [0.3, 0.4) is 0 Å². The number of hydrogen-bond donors (Lipinski definition) is 1. The van der Waals surface area contributed by atoms with Gasteiger partial charge in [0.2, 0.25) is 0 Å². The summed E-state index contributed by atoms with van der Waals surface area (Å²) in [6, 6.07) is 7.31. The van der Waals surface area contributed by atoms with Crippen LogP contribution >= 0.6 is 23.2 Å². The fourth-order valence-corrected chi connectivity index (χ4v) is 2.64. The summed E-state index contributed by atoms with van der Waals surface area (Å²) in [6.45, 7) is 1.25. The lowest BCUT2D eigenvalue weighted by Gasteiger charge is -2.14. The molecular formula is C15H18Cl2N2O3. The second-order valence-electron chi connectivity index (χ2n) is 5.78. The smallest absolute Gasteiger partial charge is 0.315 e. The van der Waals surface area contributed by atoms with E-state index >= 15 is 0 Å². The summed E-state index contributed by atoms with van der Waals surface area (Å²) < 4.78 is 3.88. The average Bonchev–Trinajstić information content (AvgIpc) is 2.97. The molecule has 2 rings (SSSR count). The number of carbonyl (C=O) groups excluding carboxylic acids is 2. The van der Waals surface area contributed by atoms with Gasteiger partial charge in [-0.2, -0.15) is 0 Å². The van der Waals surface area contributed by atoms with Crippen molar-refractivity contribution in [3.05, 3.63) is 24.3 Å². The number of benzene rings is 1. The molecule has 7 heteroatoms. The molecule has 0 heterocycles. The average molecular weight is 345 g/mol. The first-order chi connectivity index (χ1) is 10.2. The van der Waals surface area contributed by atoms with Crippen LogP contribution in [-0.2, 0) is 14.3 Å². The molecule has 1 aliphatic rings. The predicted octanol–water partition coefficient (Wildman–Crippen LogP) is 2.82. The quantitative estimate of drug-likeness (QED) is 0.659. The van der Waals surface area contributed by atoms with E-state index in [-0.39, 0.29) is 6.61 Å². The summed E-state index contributed by atoms with van der Waals surface area (Å²) in [4.78, 5) is 25.6. The van der Waals surface area contributed by atoms with Crippen molar-refractivity contribution in [2.24, 2.45) is 5.41 Å². The molecule has 1 atom stereocenters. The standard InChI is InChI=1S/C15H18Cl2N2O3/c1-14(9-15(14,16)17)13(21)22-8-12(20)18-10-4-6-11(7-5-10)19(2)3/h4-7H,8-9H2,1-3H3,(H,18,20). The molecule has 0 aromatic heterocycles. The van der Waals surface area contributed by atoms with Gasteiger partial charge in [-0.05, 0) is 31.2 Å². The molecule has 1 amide bonds. The zero-order valence-electron chi connectivity index (χ0n) is 12.7. The van der Waals surface area contributed by atoms with Crippen LogP contribution in [0.2, 0.25) is 0 Å². The highest BCUT2D eigenvalue weighted by atomic mass is 35.5. The van der Waals surface area contributed by atoms with Crippen molar-refractivity contribution in [2.75, 3.05) is 30.9 Å². The van der Waals surface area contributed by atoms with Crippen LogP contribution < -0.4 is 10.2 Å². The predicted molar refractivity (Wildman–Crippen MR) is 87.5 cm³/mol. The van der Waals surface area contributed by atoms with Crippen molar-refractivity contribution in [1.82, 2.24) is 0 Å². The van der Waals surface area contributed by atoms with Gasteiger partial charge in [0.15, 0.2) is 6.61 Å². The summed E-state index contributed by atoms with van der Waals surface area (Å²) >= 11 is 11.8. The number of esters is 1. The Hall–Kier alpha value is -1.46. The van der Waals surface area contributed by atoms with Gasteiger partial charge in [-0.25, -0.2) is 0 Å². The molecule has 0 spiro atoms. The van der Waals surface area contributed by atoms with E-state index in [9.17, 15) is 9.59 Å². The van der Waals surface area contributed by atoms with E-state index in [4.69, 9.17) is 27.9 Å². The Kier molecular flexibility index (Phi) is 4.59. The Morgan fingerprint density at radius 1 is 1.27 bits per heavy atom. The first kappa shape index (κ1) is 16.9. The lowest BCUT2D eigenvalue weighted by Crippen LogP contribution is -2.26. The molecule has 1 N–H and O–H groups in total. The van der Waals surface area contributed by atoms with Crippen molar-refractivity contribution in [1.29, 1.82) is 0 Å². The molecule has 0 saturated heterocycles. The molecule has 5 nitrogen and oxygen atoms in total. The molecule has 1 saturated carbocycles. The lowest BCUT2D eigenvalue weighted by atomic mass is 10.1. The highest BCUT2D eigenvalue weighted by Crippen LogP contribution is 2.64. The molecule has 1 aromatic rings. The maximum Gasteiger partial charge on any atom is 0.315 e. The summed E-state index contributed by atoms with van der Waals surface area (Å²) in [7, 11) is 3.86. The van der Waals surface area contributed by atoms with Gasteiger partial charge in [-0.15, -0.1) is 23.2 Å². The summed E-state index contributed by atoms with van der Waals surface area (Å²) in [5.41, 5.74) is 0.726. The number of nitrogens with one attached hydrogen (secondary N) is 1. The highest BCUT2D eigenvalue weighted by molar-refractivity contribution is 6.53. The van der Waals surface area contributed by atoms with Gasteiger partial charge >= 0.3 is 5.97 Å². The second-order valence-corrected chi connectivity index (χ2v) is 7.26. The molecule has 0 aliphatic heterocycles. The third-order valence-electron chi connectivity index (χ3n) is 3.71. The van der Waals surface area contributed by atoms with Crippen molar-refractivity contribution in [2.45, 2.75) is 17.7 Å². The Bertz CT molecular complexity index is 587. The van der Waals surface area contributed by atoms with Crippen molar-refractivity contribution in [3.63, 3.8) is 0 Å². The summed E-state index contributed by atoms with van der Waals surface area (Å²) in [6.07, 6.45) is 0.329. The van der Waals surface area contributed by atoms with E-state index in [1.54, 1.807) is 19.1 Å². The number of rotatable bonds is 5. The fourth-order valence-electron chi connectivity index (χ4n) is 1.95. The number of carbonyl (C=O) groups is 2. The number of hydrogen-bond acceptors (Lipinski definition) is 4. The first-order valence-corrected chi connectivity index (χ1v) is 7.54. The summed E-state index contributed by atoms with van der Waals surface area (Å²) in [5, 5.41) is 2.66. The van der Waals surface area contributed by atoms with Gasteiger partial charge in [-0.1, -0.05) is 0 Å². The number of nitrogens with zero attached hydrogens (tertiary/aromatic N) is 1. The van der Waals surface area contributed by atoms with Crippen LogP contribution in [-0.4, -0.2) is 36.9 Å². The highest BCUT2D eigenvalue weighted by Gasteiger charge is 2.69. The first-order valence-electron chi connectivity index (χ1n) is 6.78. The van der Waals surface area contributed by atoms with E-state index in [0.29, 0.717) is 12.1 Å². The number of anilines is 2. The lowest BCUT2D eigenvalue weighted by molar-refractivity contribution is -0.152. The molecule has 0 bridgehead atoms. The maximum atomic E-state index is 11.8. The Balaban J connectivity index is 1.82. The molecule has 1 aromatic carbocycles. The molecule has 120 valence electrons. The van der Waals surface area contributed by atoms with Crippen molar-refractivity contribution in [3.8, 4) is 0 Å². The molecule has 1 fully saturated rings. The Morgan fingerprint density at radius 3 is 2.27 bits per heavy atom. The van der Waals surface area contributed by atoms with Crippen LogP contribution in [0, 0.1) is 5.41 Å². The SMILES string of the molecule is CN(C)c1ccc(NC(=O)COC(=O)C2(C)CC2(Cl)Cl)cc1. The number of amides is 1. The fraction of sp³-hybridized carbons (Fsp3) is 0.467. The third kappa shape index (κ3) is 3.47. The van der Waals surface area contributed by atoms with E-state index in [1.807, 2.05) is 31.1 Å². The van der Waals surface area contributed by atoms with E-state index in [1.165, 1.54) is 0 Å². The van der Waals surface area contributed by atoms with Gasteiger partial charge in [0, 0.05) is 31.9 Å². The normalized spacial score (nSPS) is 21.9. The zero-order valence-corrected chi connectivity index (χ0v) is 14.2. The molecule has 1 unspecified atom stereocenters. The molecule has 22 heavy (non-hydrogen) atoms. The Labute approximate surface area is 139 Å². The van der Waals surface area contributed by atoms with E-state index in [2.05, 4.69) is 5.32 Å². The topological polar surface area (TPSA) is 58.6 Å². The van der Waals surface area contributed by atoms with Crippen LogP contribution in [0.5, 0.6) is 0 Å². The summed E-state index contributed by atoms with van der Waals surface area (Å²) in [5.74, 6) is -0.972. The van der Waals surface area contributed by atoms with Crippen LogP contribution in [0.15, 0.2) is 24.3 Å². The molecule has 1 aliphatic carbocycles. The van der Waals surface area contributed by atoms with Gasteiger partial charge in [0.25, 0.3) is 5.91 Å². The minimum absolute atomic E-state index is 0.329. The van der Waals surface area contributed by atoms with Crippen molar-refractivity contribution < 1.29 is 14.3 Å². The van der Waals surface area contributed by atoms with Gasteiger partial charge in [-0.3, -0.25) is 9.59 Å². The van der Waals surface area contributed by atoms with E-state index < -0.39 is 21.6 Å². The van der Waals surface area contributed by atoms with Crippen LogP contribution in [0.4, 0.5) is 11.4 Å². The van der Waals surface area contributed by atoms with E-state index in [0.717, 1.165) is 5.69 Å².